The molecular formula is C23H34N4O2S2. The Balaban J connectivity index is 1.91. The van der Waals surface area contributed by atoms with Gasteiger partial charge in [-0.25, -0.2) is 13.4 Å². The molecule has 0 spiro atoms. The number of sulfone groups is 1. The number of hydrogen-bond acceptors (Lipinski definition) is 4. The minimum Gasteiger partial charge on any atom is -0.360 e. The number of thiocarbonyl (C=S) groups is 1. The minimum absolute atomic E-state index is 0.0518. The van der Waals surface area contributed by atoms with E-state index in [-0.39, 0.29) is 22.9 Å². The maximum absolute atomic E-state index is 13.3. The second-order valence-corrected chi connectivity index (χ2v) is 11.4. The van der Waals surface area contributed by atoms with Crippen LogP contribution in [0.4, 0.5) is 0 Å². The predicted octanol–water partition coefficient (Wildman–Crippen LogP) is 4.07. The highest BCUT2D eigenvalue weighted by Gasteiger charge is 2.28. The summed E-state index contributed by atoms with van der Waals surface area (Å²) in [7, 11) is -3.59. The molecule has 1 aromatic heterocycles. The van der Waals surface area contributed by atoms with Crippen LogP contribution in [0, 0.1) is 12.8 Å². The van der Waals surface area contributed by atoms with Gasteiger partial charge in [-0.1, -0.05) is 38.1 Å². The van der Waals surface area contributed by atoms with Crippen molar-refractivity contribution >= 4 is 27.2 Å². The van der Waals surface area contributed by atoms with Gasteiger partial charge in [-0.15, -0.1) is 0 Å². The quantitative estimate of drug-likeness (QED) is 0.567. The standard InChI is InChI=1S/C23H34N4O2S2/c1-16(2)13-27-21(14-26(17(3)4)22(30)25-20-10-11-20)12-24-23(27)31(28,29)15-19-9-7-6-8-18(19)5/h6-9,12,16-17,20H,10-11,13-15H2,1-5H3,(H,25,30). The SMILES string of the molecule is Cc1ccccc1CS(=O)(=O)c1ncc(CN(C(=S)NC2CC2)C(C)C)n1CC(C)C. The lowest BCUT2D eigenvalue weighted by molar-refractivity contribution is 0.322. The molecule has 0 saturated heterocycles. The molecule has 1 saturated carbocycles. The summed E-state index contributed by atoms with van der Waals surface area (Å²) in [4.78, 5) is 6.51. The van der Waals surface area contributed by atoms with Crippen molar-refractivity contribution in [3.05, 3.63) is 47.3 Å². The molecule has 1 N–H and O–H groups in total. The number of benzene rings is 1. The van der Waals surface area contributed by atoms with E-state index in [4.69, 9.17) is 12.2 Å². The molecule has 0 radical (unpaired) electrons. The van der Waals surface area contributed by atoms with Gasteiger partial charge in [-0.2, -0.15) is 0 Å². The second-order valence-electron chi connectivity index (χ2n) is 9.17. The molecular weight excluding hydrogens is 428 g/mol. The first-order valence-electron chi connectivity index (χ1n) is 11.0. The first kappa shape index (κ1) is 23.7. The Morgan fingerprint density at radius 3 is 2.52 bits per heavy atom. The van der Waals surface area contributed by atoms with Gasteiger partial charge in [-0.05, 0) is 62.9 Å². The van der Waals surface area contributed by atoms with Crippen LogP contribution in [0.1, 0.15) is 57.4 Å². The molecule has 0 bridgehead atoms. The summed E-state index contributed by atoms with van der Waals surface area (Å²) in [6, 6.07) is 8.25. The molecule has 0 aliphatic heterocycles. The fourth-order valence-electron chi connectivity index (χ4n) is 3.52. The molecule has 1 heterocycles. The predicted molar refractivity (Wildman–Crippen MR) is 129 cm³/mol. The molecule has 0 amide bonds. The van der Waals surface area contributed by atoms with Gasteiger partial charge in [0, 0.05) is 18.6 Å². The van der Waals surface area contributed by atoms with Gasteiger partial charge in [0.05, 0.1) is 24.2 Å². The van der Waals surface area contributed by atoms with Crippen LogP contribution in [-0.4, -0.2) is 40.1 Å². The van der Waals surface area contributed by atoms with Crippen LogP contribution in [0.15, 0.2) is 35.6 Å². The van der Waals surface area contributed by atoms with Gasteiger partial charge >= 0.3 is 0 Å². The normalized spacial score (nSPS) is 14.3. The third-order valence-electron chi connectivity index (χ3n) is 5.46. The van der Waals surface area contributed by atoms with Gasteiger partial charge in [0.15, 0.2) is 5.11 Å². The summed E-state index contributed by atoms with van der Waals surface area (Å²) in [6.45, 7) is 11.4. The number of aryl methyl sites for hydroxylation is 1. The van der Waals surface area contributed by atoms with Gasteiger partial charge in [0.2, 0.25) is 15.0 Å². The van der Waals surface area contributed by atoms with Crippen LogP contribution < -0.4 is 5.32 Å². The van der Waals surface area contributed by atoms with E-state index in [1.807, 2.05) is 35.8 Å². The Hall–Kier alpha value is -1.93. The molecule has 2 aromatic rings. The maximum Gasteiger partial charge on any atom is 0.228 e. The smallest absolute Gasteiger partial charge is 0.228 e. The zero-order valence-corrected chi connectivity index (χ0v) is 20.8. The fraction of sp³-hybridized carbons (Fsp3) is 0.565. The average molecular weight is 463 g/mol. The van der Waals surface area contributed by atoms with Crippen molar-refractivity contribution in [1.82, 2.24) is 19.8 Å². The first-order valence-corrected chi connectivity index (χ1v) is 13.0. The molecule has 31 heavy (non-hydrogen) atoms. The minimum atomic E-state index is -3.59. The van der Waals surface area contributed by atoms with Crippen molar-refractivity contribution in [2.75, 3.05) is 0 Å². The van der Waals surface area contributed by atoms with Crippen LogP contribution in [0.25, 0.3) is 0 Å². The number of rotatable bonds is 9. The fourth-order valence-corrected chi connectivity index (χ4v) is 5.56. The van der Waals surface area contributed by atoms with Gasteiger partial charge in [0.25, 0.3) is 0 Å². The summed E-state index contributed by atoms with van der Waals surface area (Å²) in [5.74, 6) is 0.230. The zero-order chi connectivity index (χ0) is 22.8. The number of aromatic nitrogens is 2. The van der Waals surface area contributed by atoms with Crippen LogP contribution in [0.3, 0.4) is 0 Å². The molecule has 3 rings (SSSR count). The topological polar surface area (TPSA) is 67.2 Å². The summed E-state index contributed by atoms with van der Waals surface area (Å²) in [5, 5.41) is 4.27. The highest BCUT2D eigenvalue weighted by molar-refractivity contribution is 7.90. The van der Waals surface area contributed by atoms with E-state index in [1.54, 1.807) is 6.20 Å². The van der Waals surface area contributed by atoms with Crippen LogP contribution in [-0.2, 0) is 28.7 Å². The number of nitrogens with zero attached hydrogens (tertiary/aromatic N) is 3. The summed E-state index contributed by atoms with van der Waals surface area (Å²) < 4.78 is 28.6. The van der Waals surface area contributed by atoms with E-state index in [0.29, 0.717) is 19.1 Å². The monoisotopic (exact) mass is 462 g/mol. The molecule has 6 nitrogen and oxygen atoms in total. The number of nitrogens with one attached hydrogen (secondary N) is 1. The van der Waals surface area contributed by atoms with Crippen molar-refractivity contribution in [2.45, 2.75) is 83.5 Å². The highest BCUT2D eigenvalue weighted by atomic mass is 32.2. The van der Waals surface area contributed by atoms with Gasteiger partial charge in [-0.3, -0.25) is 0 Å². The lowest BCUT2D eigenvalue weighted by Crippen LogP contribution is -2.44. The van der Waals surface area contributed by atoms with E-state index in [1.165, 1.54) is 0 Å². The van der Waals surface area contributed by atoms with Crippen LogP contribution in [0.2, 0.25) is 0 Å². The van der Waals surface area contributed by atoms with Crippen molar-refractivity contribution < 1.29 is 8.42 Å². The van der Waals surface area contributed by atoms with E-state index < -0.39 is 9.84 Å². The third-order valence-corrected chi connectivity index (χ3v) is 7.38. The number of hydrogen-bond donors (Lipinski definition) is 1. The lowest BCUT2D eigenvalue weighted by atomic mass is 10.1. The lowest BCUT2D eigenvalue weighted by Gasteiger charge is -2.30. The summed E-state index contributed by atoms with van der Waals surface area (Å²) in [5.41, 5.74) is 2.64. The average Bonchev–Trinajstić information content (AvgIpc) is 3.39. The number of imidazole rings is 1. The van der Waals surface area contributed by atoms with Gasteiger partial charge in [0.1, 0.15) is 0 Å². The molecule has 0 atom stereocenters. The Morgan fingerprint density at radius 2 is 1.94 bits per heavy atom. The molecule has 170 valence electrons. The largest absolute Gasteiger partial charge is 0.360 e. The van der Waals surface area contributed by atoms with E-state index in [2.05, 4.69) is 42.9 Å². The molecule has 1 aromatic carbocycles. The van der Waals surface area contributed by atoms with Crippen LogP contribution >= 0.6 is 12.2 Å². The Morgan fingerprint density at radius 1 is 1.26 bits per heavy atom. The van der Waals surface area contributed by atoms with E-state index >= 15 is 0 Å². The van der Waals surface area contributed by atoms with Crippen molar-refractivity contribution in [1.29, 1.82) is 0 Å². The van der Waals surface area contributed by atoms with Crippen LogP contribution in [0.5, 0.6) is 0 Å². The van der Waals surface area contributed by atoms with Crippen molar-refractivity contribution in [3.8, 4) is 0 Å². The molecule has 8 heteroatoms. The molecule has 1 aliphatic carbocycles. The van der Waals surface area contributed by atoms with E-state index in [0.717, 1.165) is 34.8 Å². The first-order chi connectivity index (χ1) is 14.6. The highest BCUT2D eigenvalue weighted by Crippen LogP contribution is 2.23. The summed E-state index contributed by atoms with van der Waals surface area (Å²) >= 11 is 5.65. The molecule has 1 fully saturated rings. The van der Waals surface area contributed by atoms with E-state index in [9.17, 15) is 8.42 Å². The van der Waals surface area contributed by atoms with Crippen molar-refractivity contribution in [3.63, 3.8) is 0 Å². The Labute approximate surface area is 192 Å². The third kappa shape index (κ3) is 6.07. The Kier molecular flexibility index (Phi) is 7.42. The maximum atomic E-state index is 13.3. The zero-order valence-electron chi connectivity index (χ0n) is 19.1. The summed E-state index contributed by atoms with van der Waals surface area (Å²) in [6.07, 6.45) is 4.00. The van der Waals surface area contributed by atoms with Gasteiger partial charge < -0.3 is 14.8 Å². The molecule has 0 unspecified atom stereocenters. The van der Waals surface area contributed by atoms with Crippen molar-refractivity contribution in [2.24, 2.45) is 5.92 Å². The second kappa shape index (κ2) is 9.69. The Bertz CT molecular complexity index is 1020. The molecule has 1 aliphatic rings.